The molecule has 0 spiro atoms. The topological polar surface area (TPSA) is 98.4 Å². The van der Waals surface area contributed by atoms with Gasteiger partial charge in [-0.05, 0) is 20.8 Å². The predicted octanol–water partition coefficient (Wildman–Crippen LogP) is 1.16. The van der Waals surface area contributed by atoms with Crippen molar-refractivity contribution in [3.8, 4) is 0 Å². The number of nitrogens with zero attached hydrogens (tertiary/aromatic N) is 3. The van der Waals surface area contributed by atoms with E-state index in [2.05, 4.69) is 9.97 Å². The molecule has 0 saturated heterocycles. The normalized spacial score (nSPS) is 14.7. The van der Waals surface area contributed by atoms with E-state index >= 15 is 0 Å². The second kappa shape index (κ2) is 5.07. The third-order valence-electron chi connectivity index (χ3n) is 2.87. The Morgan fingerprint density at radius 2 is 2.10 bits per heavy atom. The SMILES string of the molecule is CC(C)(C)OC(=O)N1CCc2nc(N)nc(C=O)c2C1. The van der Waals surface area contributed by atoms with Crippen molar-refractivity contribution in [2.24, 2.45) is 0 Å². The molecule has 0 saturated carbocycles. The number of nitrogen functional groups attached to an aromatic ring is 1. The first-order valence-electron chi connectivity index (χ1n) is 6.38. The van der Waals surface area contributed by atoms with Crippen molar-refractivity contribution in [1.29, 1.82) is 0 Å². The van der Waals surface area contributed by atoms with Gasteiger partial charge in [-0.25, -0.2) is 14.8 Å². The summed E-state index contributed by atoms with van der Waals surface area (Å²) in [6.45, 7) is 6.17. The molecule has 1 aromatic heterocycles. The minimum absolute atomic E-state index is 0.0802. The van der Waals surface area contributed by atoms with Crippen LogP contribution in [0.4, 0.5) is 10.7 Å². The van der Waals surface area contributed by atoms with Crippen LogP contribution in [0.5, 0.6) is 0 Å². The van der Waals surface area contributed by atoms with Gasteiger partial charge in [0.05, 0.1) is 12.2 Å². The lowest BCUT2D eigenvalue weighted by Gasteiger charge is -2.31. The summed E-state index contributed by atoms with van der Waals surface area (Å²) in [5, 5.41) is 0. The Hall–Kier alpha value is -2.18. The van der Waals surface area contributed by atoms with E-state index in [4.69, 9.17) is 10.5 Å². The number of ether oxygens (including phenoxy) is 1. The molecule has 7 nitrogen and oxygen atoms in total. The Morgan fingerprint density at radius 3 is 2.70 bits per heavy atom. The molecule has 20 heavy (non-hydrogen) atoms. The van der Waals surface area contributed by atoms with Crippen molar-refractivity contribution < 1.29 is 14.3 Å². The summed E-state index contributed by atoms with van der Waals surface area (Å²) in [6.07, 6.45) is 0.759. The van der Waals surface area contributed by atoms with E-state index < -0.39 is 11.7 Å². The van der Waals surface area contributed by atoms with E-state index in [0.29, 0.717) is 24.8 Å². The number of amides is 1. The van der Waals surface area contributed by atoms with Crippen molar-refractivity contribution in [3.63, 3.8) is 0 Å². The number of carbonyl (C=O) groups is 2. The van der Waals surface area contributed by atoms with Gasteiger partial charge in [0.15, 0.2) is 6.29 Å². The second-order valence-corrected chi connectivity index (χ2v) is 5.66. The Balaban J connectivity index is 2.22. The third-order valence-corrected chi connectivity index (χ3v) is 2.87. The number of carbonyl (C=O) groups excluding carboxylic acids is 2. The maximum atomic E-state index is 12.0. The molecule has 1 aliphatic rings. The molecule has 108 valence electrons. The van der Waals surface area contributed by atoms with Crippen LogP contribution in [0.25, 0.3) is 0 Å². The van der Waals surface area contributed by atoms with Crippen LogP contribution in [0.15, 0.2) is 0 Å². The average molecular weight is 278 g/mol. The molecule has 0 fully saturated rings. The van der Waals surface area contributed by atoms with E-state index in [1.54, 1.807) is 4.90 Å². The summed E-state index contributed by atoms with van der Waals surface area (Å²) in [5.41, 5.74) is 6.60. The average Bonchev–Trinajstić information content (AvgIpc) is 2.35. The van der Waals surface area contributed by atoms with Crippen molar-refractivity contribution in [1.82, 2.24) is 14.9 Å². The molecule has 0 radical (unpaired) electrons. The highest BCUT2D eigenvalue weighted by molar-refractivity contribution is 5.76. The largest absolute Gasteiger partial charge is 0.444 e. The zero-order valence-corrected chi connectivity index (χ0v) is 11.8. The maximum absolute atomic E-state index is 12.0. The monoisotopic (exact) mass is 278 g/mol. The van der Waals surface area contributed by atoms with Gasteiger partial charge in [-0.2, -0.15) is 0 Å². The summed E-state index contributed by atoms with van der Waals surface area (Å²) < 4.78 is 5.32. The molecule has 0 aliphatic carbocycles. The van der Waals surface area contributed by atoms with Crippen LogP contribution in [-0.2, 0) is 17.7 Å². The Labute approximate surface area is 117 Å². The van der Waals surface area contributed by atoms with Gasteiger partial charge in [0.2, 0.25) is 5.95 Å². The van der Waals surface area contributed by atoms with Crippen LogP contribution >= 0.6 is 0 Å². The van der Waals surface area contributed by atoms with Crippen LogP contribution in [0.2, 0.25) is 0 Å². The molecule has 1 aliphatic heterocycles. The first-order chi connectivity index (χ1) is 9.30. The molecule has 0 unspecified atom stereocenters. The number of aldehydes is 1. The smallest absolute Gasteiger partial charge is 0.410 e. The van der Waals surface area contributed by atoms with Crippen LogP contribution in [0, 0.1) is 0 Å². The lowest BCUT2D eigenvalue weighted by molar-refractivity contribution is 0.0221. The van der Waals surface area contributed by atoms with Gasteiger partial charge in [0, 0.05) is 18.5 Å². The molecule has 0 aromatic carbocycles. The number of hydrogen-bond donors (Lipinski definition) is 1. The fourth-order valence-electron chi connectivity index (χ4n) is 2.04. The van der Waals surface area contributed by atoms with E-state index in [1.807, 2.05) is 20.8 Å². The molecule has 2 N–H and O–H groups in total. The molecule has 1 aromatic rings. The van der Waals surface area contributed by atoms with E-state index in [0.717, 1.165) is 5.69 Å². The minimum atomic E-state index is -0.553. The Morgan fingerprint density at radius 1 is 1.40 bits per heavy atom. The molecular weight excluding hydrogens is 260 g/mol. The fraction of sp³-hybridized carbons (Fsp3) is 0.538. The van der Waals surface area contributed by atoms with Crippen molar-refractivity contribution in [2.45, 2.75) is 39.3 Å². The molecule has 1 amide bonds. The van der Waals surface area contributed by atoms with Crippen LogP contribution in [0.3, 0.4) is 0 Å². The minimum Gasteiger partial charge on any atom is -0.444 e. The van der Waals surface area contributed by atoms with E-state index in [1.165, 1.54) is 0 Å². The highest BCUT2D eigenvalue weighted by Crippen LogP contribution is 2.22. The van der Waals surface area contributed by atoms with Gasteiger partial charge in [0.25, 0.3) is 0 Å². The fourth-order valence-corrected chi connectivity index (χ4v) is 2.04. The number of fused-ring (bicyclic) bond motifs is 1. The van der Waals surface area contributed by atoms with Crippen molar-refractivity contribution in [2.75, 3.05) is 12.3 Å². The summed E-state index contributed by atoms with van der Waals surface area (Å²) in [7, 11) is 0. The quantitative estimate of drug-likeness (QED) is 0.774. The van der Waals surface area contributed by atoms with E-state index in [-0.39, 0.29) is 18.2 Å². The van der Waals surface area contributed by atoms with Crippen molar-refractivity contribution in [3.05, 3.63) is 17.0 Å². The van der Waals surface area contributed by atoms with Gasteiger partial charge < -0.3 is 15.4 Å². The highest BCUT2D eigenvalue weighted by atomic mass is 16.6. The summed E-state index contributed by atoms with van der Waals surface area (Å²) in [6, 6.07) is 0. The summed E-state index contributed by atoms with van der Waals surface area (Å²) >= 11 is 0. The van der Waals surface area contributed by atoms with Crippen LogP contribution in [-0.4, -0.2) is 39.4 Å². The molecule has 7 heteroatoms. The first kappa shape index (κ1) is 14.2. The van der Waals surface area contributed by atoms with Gasteiger partial charge in [-0.15, -0.1) is 0 Å². The summed E-state index contributed by atoms with van der Waals surface area (Å²) in [5.74, 6) is 0.0802. The Bertz CT molecular complexity index is 551. The Kier molecular flexibility index (Phi) is 3.61. The number of aromatic nitrogens is 2. The van der Waals surface area contributed by atoms with Gasteiger partial charge in [0.1, 0.15) is 11.3 Å². The number of anilines is 1. The maximum Gasteiger partial charge on any atom is 0.410 e. The predicted molar refractivity (Wildman–Crippen MR) is 72.2 cm³/mol. The molecule has 0 atom stereocenters. The molecule has 2 rings (SSSR count). The summed E-state index contributed by atoms with van der Waals surface area (Å²) in [4.78, 5) is 32.7. The molecular formula is C13H18N4O3. The van der Waals surface area contributed by atoms with Gasteiger partial charge >= 0.3 is 6.09 Å². The van der Waals surface area contributed by atoms with Gasteiger partial charge in [-0.3, -0.25) is 4.79 Å². The zero-order valence-electron chi connectivity index (χ0n) is 11.8. The highest BCUT2D eigenvalue weighted by Gasteiger charge is 2.28. The molecule has 0 bridgehead atoms. The number of hydrogen-bond acceptors (Lipinski definition) is 6. The lowest BCUT2D eigenvalue weighted by atomic mass is 10.0. The lowest BCUT2D eigenvalue weighted by Crippen LogP contribution is -2.40. The number of nitrogens with two attached hydrogens (primary N) is 1. The van der Waals surface area contributed by atoms with Crippen LogP contribution < -0.4 is 5.73 Å². The standard InChI is InChI=1S/C13H18N4O3/c1-13(2,3)20-12(19)17-5-4-9-8(6-17)10(7-18)16-11(14)15-9/h7H,4-6H2,1-3H3,(H2,14,15,16). The zero-order chi connectivity index (χ0) is 14.9. The van der Waals surface area contributed by atoms with Crippen LogP contribution in [0.1, 0.15) is 42.5 Å². The first-order valence-corrected chi connectivity index (χ1v) is 6.38. The number of rotatable bonds is 1. The van der Waals surface area contributed by atoms with Crippen molar-refractivity contribution >= 4 is 18.3 Å². The third kappa shape index (κ3) is 3.04. The second-order valence-electron chi connectivity index (χ2n) is 5.66. The van der Waals surface area contributed by atoms with Gasteiger partial charge in [-0.1, -0.05) is 0 Å². The molecule has 2 heterocycles. The van der Waals surface area contributed by atoms with E-state index in [9.17, 15) is 9.59 Å².